The maximum Gasteiger partial charge on any atom is 0.271 e. The molecule has 96 valence electrons. The predicted octanol–water partition coefficient (Wildman–Crippen LogP) is 2.69. The van der Waals surface area contributed by atoms with Gasteiger partial charge >= 0.3 is 0 Å². The van der Waals surface area contributed by atoms with E-state index in [1.54, 1.807) is 12.1 Å². The topological polar surface area (TPSA) is 61.7 Å². The summed E-state index contributed by atoms with van der Waals surface area (Å²) >= 11 is 0. The van der Waals surface area contributed by atoms with Gasteiger partial charge < -0.3 is 5.11 Å². The van der Waals surface area contributed by atoms with E-state index in [4.69, 9.17) is 5.11 Å². The van der Waals surface area contributed by atoms with Crippen molar-refractivity contribution >= 4 is 11.6 Å². The lowest BCUT2D eigenvalue weighted by molar-refractivity contribution is 0.0954. The van der Waals surface area contributed by atoms with Gasteiger partial charge in [-0.1, -0.05) is 6.92 Å². The molecule has 0 spiro atoms. The molecule has 0 bridgehead atoms. The summed E-state index contributed by atoms with van der Waals surface area (Å²) in [5.41, 5.74) is 4.20. The highest BCUT2D eigenvalue weighted by Gasteiger charge is 2.20. The first-order chi connectivity index (χ1) is 8.70. The summed E-state index contributed by atoms with van der Waals surface area (Å²) in [4.78, 5) is 11.8. The van der Waals surface area contributed by atoms with E-state index in [0.29, 0.717) is 11.5 Å². The minimum absolute atomic E-state index is 0.153. The largest absolute Gasteiger partial charge is 0.508 e. The van der Waals surface area contributed by atoms with Crippen LogP contribution in [0.5, 0.6) is 5.75 Å². The lowest BCUT2D eigenvalue weighted by atomic mass is 10.0. The molecule has 1 amide bonds. The van der Waals surface area contributed by atoms with Crippen molar-refractivity contribution in [1.82, 2.24) is 5.43 Å². The van der Waals surface area contributed by atoms with Crippen LogP contribution in [0.4, 0.5) is 0 Å². The van der Waals surface area contributed by atoms with Crippen LogP contribution in [0, 0.1) is 5.92 Å². The second-order valence-corrected chi connectivity index (χ2v) is 4.59. The second kappa shape index (κ2) is 5.67. The van der Waals surface area contributed by atoms with Crippen LogP contribution in [0.2, 0.25) is 0 Å². The average Bonchev–Trinajstić information content (AvgIpc) is 2.84. The minimum atomic E-state index is -0.232. The summed E-state index contributed by atoms with van der Waals surface area (Å²) in [5.74, 6) is 0.439. The molecule has 0 radical (unpaired) electrons. The van der Waals surface area contributed by atoms with E-state index >= 15 is 0 Å². The number of carbonyl (C=O) groups is 1. The molecule has 0 saturated heterocycles. The molecule has 1 saturated carbocycles. The van der Waals surface area contributed by atoms with Gasteiger partial charge in [-0.3, -0.25) is 4.79 Å². The van der Waals surface area contributed by atoms with Gasteiger partial charge in [-0.2, -0.15) is 5.10 Å². The molecule has 18 heavy (non-hydrogen) atoms. The highest BCUT2D eigenvalue weighted by Crippen LogP contribution is 2.24. The lowest BCUT2D eigenvalue weighted by Crippen LogP contribution is -2.20. The number of amides is 1. The Morgan fingerprint density at radius 1 is 1.44 bits per heavy atom. The third-order valence-electron chi connectivity index (χ3n) is 3.38. The van der Waals surface area contributed by atoms with Gasteiger partial charge in [0.1, 0.15) is 5.75 Å². The number of nitrogens with zero attached hydrogens (tertiary/aromatic N) is 1. The van der Waals surface area contributed by atoms with Gasteiger partial charge in [0, 0.05) is 11.3 Å². The Bertz CT molecular complexity index is 451. The molecule has 0 aliphatic heterocycles. The van der Waals surface area contributed by atoms with Gasteiger partial charge in [0.25, 0.3) is 5.91 Å². The molecule has 2 N–H and O–H groups in total. The van der Waals surface area contributed by atoms with Crippen LogP contribution in [0.25, 0.3) is 0 Å². The van der Waals surface area contributed by atoms with Crippen LogP contribution in [0.15, 0.2) is 29.4 Å². The van der Waals surface area contributed by atoms with Crippen LogP contribution in [0.3, 0.4) is 0 Å². The van der Waals surface area contributed by atoms with Crippen molar-refractivity contribution in [2.24, 2.45) is 11.0 Å². The second-order valence-electron chi connectivity index (χ2n) is 4.59. The zero-order valence-corrected chi connectivity index (χ0v) is 10.5. The molecule has 4 nitrogen and oxygen atoms in total. The summed E-state index contributed by atoms with van der Waals surface area (Å²) in [6.45, 7) is 2.15. The fourth-order valence-electron chi connectivity index (χ4n) is 2.29. The average molecular weight is 246 g/mol. The van der Waals surface area contributed by atoms with Gasteiger partial charge in [-0.05, 0) is 55.9 Å². The number of carbonyl (C=O) groups excluding carboxylic acids is 1. The Balaban J connectivity index is 1.99. The van der Waals surface area contributed by atoms with Gasteiger partial charge in [0.2, 0.25) is 0 Å². The maximum atomic E-state index is 11.8. The van der Waals surface area contributed by atoms with Crippen LogP contribution >= 0.6 is 0 Å². The van der Waals surface area contributed by atoms with Crippen LogP contribution in [0.1, 0.15) is 43.0 Å². The summed E-state index contributed by atoms with van der Waals surface area (Å²) < 4.78 is 0. The standard InChI is InChI=1S/C14H18N2O2/c1-2-10-4-3-5-13(10)15-16-14(18)11-6-8-12(17)9-7-11/h6-10,17H,2-5H2,1H3,(H,16,18). The molecular weight excluding hydrogens is 228 g/mol. The van der Waals surface area contributed by atoms with Crippen LogP contribution < -0.4 is 5.43 Å². The number of hydrogen-bond acceptors (Lipinski definition) is 3. The third-order valence-corrected chi connectivity index (χ3v) is 3.38. The monoisotopic (exact) mass is 246 g/mol. The van der Waals surface area contributed by atoms with Crippen molar-refractivity contribution < 1.29 is 9.90 Å². The predicted molar refractivity (Wildman–Crippen MR) is 70.6 cm³/mol. The molecular formula is C14H18N2O2. The van der Waals surface area contributed by atoms with Crippen molar-refractivity contribution in [3.63, 3.8) is 0 Å². The lowest BCUT2D eigenvalue weighted by Gasteiger charge is -2.07. The molecule has 1 atom stereocenters. The Hall–Kier alpha value is -1.84. The summed E-state index contributed by atoms with van der Waals surface area (Å²) in [6, 6.07) is 6.15. The highest BCUT2D eigenvalue weighted by atomic mass is 16.3. The smallest absolute Gasteiger partial charge is 0.271 e. The Labute approximate surface area is 107 Å². The molecule has 1 fully saturated rings. The molecule has 1 aliphatic rings. The van der Waals surface area contributed by atoms with Crippen molar-refractivity contribution in [3.05, 3.63) is 29.8 Å². The molecule has 1 aromatic rings. The van der Waals surface area contributed by atoms with Gasteiger partial charge in [0.05, 0.1) is 0 Å². The van der Waals surface area contributed by atoms with Gasteiger partial charge in [-0.25, -0.2) is 5.43 Å². The zero-order chi connectivity index (χ0) is 13.0. The first kappa shape index (κ1) is 12.6. The first-order valence-corrected chi connectivity index (χ1v) is 6.36. The molecule has 1 unspecified atom stereocenters. The van der Waals surface area contributed by atoms with Crippen molar-refractivity contribution in [2.45, 2.75) is 32.6 Å². The van der Waals surface area contributed by atoms with E-state index in [1.807, 2.05) is 0 Å². The number of benzene rings is 1. The molecule has 4 heteroatoms. The number of hydrazone groups is 1. The normalized spacial score (nSPS) is 21.2. The number of nitrogens with one attached hydrogen (secondary N) is 1. The highest BCUT2D eigenvalue weighted by molar-refractivity contribution is 5.96. The third kappa shape index (κ3) is 2.88. The fraction of sp³-hybridized carbons (Fsp3) is 0.429. The SMILES string of the molecule is CCC1CCCC1=NNC(=O)c1ccc(O)cc1. The molecule has 0 heterocycles. The van der Waals surface area contributed by atoms with E-state index in [2.05, 4.69) is 17.5 Å². The Morgan fingerprint density at radius 2 is 2.17 bits per heavy atom. The minimum Gasteiger partial charge on any atom is -0.508 e. The van der Waals surface area contributed by atoms with Crippen molar-refractivity contribution in [2.75, 3.05) is 0 Å². The number of phenolic OH excluding ortho intramolecular Hbond substituents is 1. The molecule has 1 aromatic carbocycles. The fourth-order valence-corrected chi connectivity index (χ4v) is 2.29. The Morgan fingerprint density at radius 3 is 2.83 bits per heavy atom. The van der Waals surface area contributed by atoms with E-state index in [-0.39, 0.29) is 11.7 Å². The number of phenols is 1. The summed E-state index contributed by atoms with van der Waals surface area (Å²) in [7, 11) is 0. The maximum absolute atomic E-state index is 11.8. The van der Waals surface area contributed by atoms with E-state index in [9.17, 15) is 4.79 Å². The molecule has 0 aromatic heterocycles. The van der Waals surface area contributed by atoms with E-state index < -0.39 is 0 Å². The number of aromatic hydroxyl groups is 1. The number of rotatable bonds is 3. The molecule has 1 aliphatic carbocycles. The van der Waals surface area contributed by atoms with Gasteiger partial charge in [-0.15, -0.1) is 0 Å². The summed E-state index contributed by atoms with van der Waals surface area (Å²) in [6.07, 6.45) is 4.39. The quantitative estimate of drug-likeness (QED) is 0.805. The number of hydrogen-bond donors (Lipinski definition) is 2. The molecule has 2 rings (SSSR count). The summed E-state index contributed by atoms with van der Waals surface area (Å²) in [5, 5.41) is 13.4. The van der Waals surface area contributed by atoms with Crippen LogP contribution in [-0.2, 0) is 0 Å². The van der Waals surface area contributed by atoms with Crippen LogP contribution in [-0.4, -0.2) is 16.7 Å². The van der Waals surface area contributed by atoms with Gasteiger partial charge in [0.15, 0.2) is 0 Å². The first-order valence-electron chi connectivity index (χ1n) is 6.36. The Kier molecular flexibility index (Phi) is 3.97. The van der Waals surface area contributed by atoms with E-state index in [1.165, 1.54) is 18.6 Å². The van der Waals surface area contributed by atoms with Crippen molar-refractivity contribution in [1.29, 1.82) is 0 Å². The van der Waals surface area contributed by atoms with Crippen molar-refractivity contribution in [3.8, 4) is 5.75 Å². The van der Waals surface area contributed by atoms with E-state index in [0.717, 1.165) is 25.0 Å². The zero-order valence-electron chi connectivity index (χ0n) is 10.5.